The van der Waals surface area contributed by atoms with E-state index in [0.717, 1.165) is 18.4 Å². The second kappa shape index (κ2) is 8.22. The van der Waals surface area contributed by atoms with E-state index in [1.165, 1.54) is 0 Å². The van der Waals surface area contributed by atoms with Crippen molar-refractivity contribution in [1.29, 1.82) is 0 Å². The highest BCUT2D eigenvalue weighted by Crippen LogP contribution is 2.28. The predicted molar refractivity (Wildman–Crippen MR) is 83.2 cm³/mol. The number of ether oxygens (including phenoxy) is 1. The second-order valence-electron chi connectivity index (χ2n) is 6.08. The molecule has 0 unspecified atom stereocenters. The van der Waals surface area contributed by atoms with Crippen LogP contribution in [0.15, 0.2) is 24.5 Å². The summed E-state index contributed by atoms with van der Waals surface area (Å²) in [7, 11) is 1.91. The van der Waals surface area contributed by atoms with E-state index < -0.39 is 0 Å². The summed E-state index contributed by atoms with van der Waals surface area (Å²) in [5.74, 6) is -0.0225. The first-order chi connectivity index (χ1) is 10.6. The number of carbonyl (C=O) groups is 1. The van der Waals surface area contributed by atoms with Gasteiger partial charge in [-0.3, -0.25) is 14.7 Å². The van der Waals surface area contributed by atoms with Crippen molar-refractivity contribution in [3.8, 4) is 0 Å². The zero-order valence-electron chi connectivity index (χ0n) is 13.1. The molecule has 22 heavy (non-hydrogen) atoms. The number of aliphatic hydroxyl groups is 1. The lowest BCUT2D eigenvalue weighted by atomic mass is 9.81. The van der Waals surface area contributed by atoms with Gasteiger partial charge in [0.1, 0.15) is 0 Å². The summed E-state index contributed by atoms with van der Waals surface area (Å²) in [5, 5.41) is 12.6. The molecule has 0 bridgehead atoms. The van der Waals surface area contributed by atoms with Crippen LogP contribution in [-0.4, -0.2) is 60.9 Å². The van der Waals surface area contributed by atoms with Crippen molar-refractivity contribution in [2.45, 2.75) is 19.4 Å². The Morgan fingerprint density at radius 1 is 1.50 bits per heavy atom. The van der Waals surface area contributed by atoms with Crippen LogP contribution in [0.1, 0.15) is 18.4 Å². The maximum atomic E-state index is 12.1. The molecular formula is C16H25N3O3. The molecule has 1 aromatic heterocycles. The highest BCUT2D eigenvalue weighted by Gasteiger charge is 2.32. The summed E-state index contributed by atoms with van der Waals surface area (Å²) in [6.45, 7) is 2.90. The lowest BCUT2D eigenvalue weighted by Crippen LogP contribution is -2.45. The topological polar surface area (TPSA) is 74.7 Å². The molecule has 0 radical (unpaired) electrons. The van der Waals surface area contributed by atoms with E-state index in [2.05, 4.69) is 10.3 Å². The molecule has 0 spiro atoms. The van der Waals surface area contributed by atoms with Crippen LogP contribution in [0.4, 0.5) is 0 Å². The third-order valence-corrected chi connectivity index (χ3v) is 4.14. The van der Waals surface area contributed by atoms with Crippen LogP contribution in [0.3, 0.4) is 0 Å². The SMILES string of the molecule is CN(CC(=O)NCC1(CO)CCOCC1)Cc1cccnc1. The molecule has 0 aliphatic carbocycles. The van der Waals surface area contributed by atoms with E-state index in [-0.39, 0.29) is 17.9 Å². The Morgan fingerprint density at radius 3 is 2.91 bits per heavy atom. The van der Waals surface area contributed by atoms with Crippen LogP contribution in [0.2, 0.25) is 0 Å². The first-order valence-electron chi connectivity index (χ1n) is 7.66. The first kappa shape index (κ1) is 16.9. The van der Waals surface area contributed by atoms with E-state index >= 15 is 0 Å². The van der Waals surface area contributed by atoms with Gasteiger partial charge in [0, 0.05) is 44.1 Å². The minimum atomic E-state index is -0.226. The van der Waals surface area contributed by atoms with Gasteiger partial charge in [-0.2, -0.15) is 0 Å². The summed E-state index contributed by atoms with van der Waals surface area (Å²) in [4.78, 5) is 18.1. The standard InChI is InChI=1S/C16H25N3O3/c1-19(10-14-3-2-6-17-9-14)11-15(21)18-12-16(13-20)4-7-22-8-5-16/h2-3,6,9,20H,4-5,7-8,10-13H2,1H3,(H,18,21). The fourth-order valence-corrected chi connectivity index (χ4v) is 2.64. The van der Waals surface area contributed by atoms with Gasteiger partial charge in [0.05, 0.1) is 13.2 Å². The molecule has 0 atom stereocenters. The van der Waals surface area contributed by atoms with Crippen molar-refractivity contribution in [3.63, 3.8) is 0 Å². The van der Waals surface area contributed by atoms with Crippen molar-refractivity contribution in [1.82, 2.24) is 15.2 Å². The van der Waals surface area contributed by atoms with Gasteiger partial charge in [-0.1, -0.05) is 6.07 Å². The number of rotatable bonds is 7. The van der Waals surface area contributed by atoms with Crippen molar-refractivity contribution in [2.24, 2.45) is 5.41 Å². The summed E-state index contributed by atoms with van der Waals surface area (Å²) in [6, 6.07) is 3.88. The number of aliphatic hydroxyl groups excluding tert-OH is 1. The van der Waals surface area contributed by atoms with Crippen LogP contribution in [0.5, 0.6) is 0 Å². The van der Waals surface area contributed by atoms with E-state index in [1.54, 1.807) is 12.4 Å². The van der Waals surface area contributed by atoms with E-state index in [9.17, 15) is 9.90 Å². The summed E-state index contributed by atoms with van der Waals surface area (Å²) in [6.07, 6.45) is 5.11. The monoisotopic (exact) mass is 307 g/mol. The fraction of sp³-hybridized carbons (Fsp3) is 0.625. The summed E-state index contributed by atoms with van der Waals surface area (Å²) >= 11 is 0. The van der Waals surface area contributed by atoms with Crippen LogP contribution < -0.4 is 5.32 Å². The molecule has 0 saturated carbocycles. The van der Waals surface area contributed by atoms with E-state index in [4.69, 9.17) is 4.74 Å². The quantitative estimate of drug-likeness (QED) is 0.763. The molecule has 122 valence electrons. The smallest absolute Gasteiger partial charge is 0.234 e. The third kappa shape index (κ3) is 5.05. The van der Waals surface area contributed by atoms with Gasteiger partial charge in [0.15, 0.2) is 0 Å². The fourth-order valence-electron chi connectivity index (χ4n) is 2.64. The number of aromatic nitrogens is 1. The molecule has 6 nitrogen and oxygen atoms in total. The molecule has 1 saturated heterocycles. The number of nitrogens with one attached hydrogen (secondary N) is 1. The molecule has 2 N–H and O–H groups in total. The average molecular weight is 307 g/mol. The van der Waals surface area contributed by atoms with Crippen molar-refractivity contribution in [2.75, 3.05) is 40.0 Å². The van der Waals surface area contributed by atoms with Gasteiger partial charge >= 0.3 is 0 Å². The van der Waals surface area contributed by atoms with Crippen molar-refractivity contribution >= 4 is 5.91 Å². The minimum Gasteiger partial charge on any atom is -0.396 e. The Morgan fingerprint density at radius 2 is 2.27 bits per heavy atom. The van der Waals surface area contributed by atoms with Crippen LogP contribution in [0, 0.1) is 5.41 Å². The predicted octanol–water partition coefficient (Wildman–Crippen LogP) is 0.419. The lowest BCUT2D eigenvalue weighted by molar-refractivity contribution is -0.123. The van der Waals surface area contributed by atoms with E-state index in [0.29, 0.717) is 32.8 Å². The Kier molecular flexibility index (Phi) is 6.30. The summed E-state index contributed by atoms with van der Waals surface area (Å²) < 4.78 is 5.33. The highest BCUT2D eigenvalue weighted by molar-refractivity contribution is 5.78. The number of pyridine rings is 1. The number of likely N-dealkylation sites (N-methyl/N-ethyl adjacent to an activating group) is 1. The number of nitrogens with zero attached hydrogens (tertiary/aromatic N) is 2. The maximum absolute atomic E-state index is 12.1. The average Bonchev–Trinajstić information content (AvgIpc) is 2.55. The van der Waals surface area contributed by atoms with Gasteiger partial charge in [0.2, 0.25) is 5.91 Å². The molecule has 1 aliphatic rings. The van der Waals surface area contributed by atoms with Gasteiger partial charge < -0.3 is 15.2 Å². The minimum absolute atomic E-state index is 0.0225. The van der Waals surface area contributed by atoms with Gasteiger partial charge in [-0.15, -0.1) is 0 Å². The number of hydrogen-bond acceptors (Lipinski definition) is 5. The first-order valence-corrected chi connectivity index (χ1v) is 7.66. The highest BCUT2D eigenvalue weighted by atomic mass is 16.5. The maximum Gasteiger partial charge on any atom is 0.234 e. The van der Waals surface area contributed by atoms with Crippen molar-refractivity contribution in [3.05, 3.63) is 30.1 Å². The van der Waals surface area contributed by atoms with E-state index in [1.807, 2.05) is 24.1 Å². The van der Waals surface area contributed by atoms with Crippen LogP contribution in [-0.2, 0) is 16.1 Å². The third-order valence-electron chi connectivity index (χ3n) is 4.14. The molecule has 6 heteroatoms. The zero-order valence-corrected chi connectivity index (χ0v) is 13.1. The molecule has 2 rings (SSSR count). The Bertz CT molecular complexity index is 461. The van der Waals surface area contributed by atoms with Crippen LogP contribution >= 0.6 is 0 Å². The molecule has 1 aliphatic heterocycles. The molecular weight excluding hydrogens is 282 g/mol. The Balaban J connectivity index is 1.75. The van der Waals surface area contributed by atoms with Crippen molar-refractivity contribution < 1.29 is 14.6 Å². The van der Waals surface area contributed by atoms with Crippen LogP contribution in [0.25, 0.3) is 0 Å². The normalized spacial score (nSPS) is 17.4. The van der Waals surface area contributed by atoms with Gasteiger partial charge in [-0.25, -0.2) is 0 Å². The van der Waals surface area contributed by atoms with Gasteiger partial charge in [-0.05, 0) is 31.5 Å². The molecule has 1 amide bonds. The Labute approximate surface area is 131 Å². The molecule has 0 aromatic carbocycles. The second-order valence-corrected chi connectivity index (χ2v) is 6.08. The lowest BCUT2D eigenvalue weighted by Gasteiger charge is -2.35. The Hall–Kier alpha value is -1.50. The summed E-state index contributed by atoms with van der Waals surface area (Å²) in [5.41, 5.74) is 0.851. The van der Waals surface area contributed by atoms with Gasteiger partial charge in [0.25, 0.3) is 0 Å². The number of amides is 1. The molecule has 1 fully saturated rings. The number of carbonyl (C=O) groups excluding carboxylic acids is 1. The largest absolute Gasteiger partial charge is 0.396 e. The molecule has 1 aromatic rings. The number of hydrogen-bond donors (Lipinski definition) is 2. The zero-order chi connectivity index (χ0) is 15.8. The molecule has 2 heterocycles.